The van der Waals surface area contributed by atoms with Gasteiger partial charge in [0.2, 0.25) is 4.80 Å². The molecule has 4 rings (SSSR count). The molecule has 0 aliphatic rings. The third kappa shape index (κ3) is 4.12. The molecule has 0 spiro atoms. The van der Waals surface area contributed by atoms with Crippen LogP contribution in [0.25, 0.3) is 5.69 Å². The lowest BCUT2D eigenvalue weighted by atomic mass is 10.1. The number of hydrogen-bond acceptors (Lipinski definition) is 5. The van der Waals surface area contributed by atoms with Crippen molar-refractivity contribution in [3.8, 4) is 5.69 Å². The first kappa shape index (κ1) is 17.2. The first-order valence-corrected chi connectivity index (χ1v) is 9.42. The minimum absolute atomic E-state index is 0.626. The van der Waals surface area contributed by atoms with Gasteiger partial charge >= 0.3 is 0 Å². The normalized spacial score (nSPS) is 12.5. The molecule has 0 unspecified atom stereocenters. The third-order valence-electron chi connectivity index (χ3n) is 3.99. The van der Waals surface area contributed by atoms with Crippen molar-refractivity contribution in [2.24, 2.45) is 10.2 Å². The number of para-hydroxylation sites is 1. The van der Waals surface area contributed by atoms with Gasteiger partial charge < -0.3 is 4.42 Å². The monoisotopic (exact) mass is 374 g/mol. The van der Waals surface area contributed by atoms with Crippen molar-refractivity contribution in [3.63, 3.8) is 0 Å². The highest BCUT2D eigenvalue weighted by Crippen LogP contribution is 2.12. The summed E-state index contributed by atoms with van der Waals surface area (Å²) in [6.07, 6.45) is 2.30. The van der Waals surface area contributed by atoms with Gasteiger partial charge in [-0.05, 0) is 36.8 Å². The zero-order valence-corrected chi connectivity index (χ0v) is 15.6. The molecule has 0 saturated heterocycles. The summed E-state index contributed by atoms with van der Waals surface area (Å²) in [5.41, 5.74) is 2.86. The molecule has 0 atom stereocenters. The van der Waals surface area contributed by atoms with Crippen LogP contribution in [0, 0.1) is 0 Å². The number of nitrogens with zero attached hydrogens (tertiary/aromatic N) is 4. The first-order valence-electron chi connectivity index (χ1n) is 8.60. The van der Waals surface area contributed by atoms with Crippen LogP contribution in [0.4, 0.5) is 0 Å². The molecule has 0 amide bonds. The number of rotatable bonds is 5. The Labute approximate surface area is 161 Å². The predicted octanol–water partition coefficient (Wildman–Crippen LogP) is 4.44. The second kappa shape index (κ2) is 7.97. The Morgan fingerprint density at radius 2 is 1.74 bits per heavy atom. The number of benzene rings is 2. The molecular weight excluding hydrogens is 356 g/mol. The number of aromatic nitrogens is 2. The SMILES string of the molecule is C/C(=N\N=c1\sc(Cc2ccco2)nn1-c1ccccc1)c1ccccc1. The molecule has 0 fully saturated rings. The maximum absolute atomic E-state index is 5.45. The van der Waals surface area contributed by atoms with Gasteiger partial charge in [-0.25, -0.2) is 4.68 Å². The molecule has 2 aromatic carbocycles. The Kier molecular flexibility index (Phi) is 5.07. The quantitative estimate of drug-likeness (QED) is 0.383. The van der Waals surface area contributed by atoms with Crippen LogP contribution in [-0.4, -0.2) is 15.5 Å². The fourth-order valence-electron chi connectivity index (χ4n) is 2.61. The van der Waals surface area contributed by atoms with E-state index < -0.39 is 0 Å². The summed E-state index contributed by atoms with van der Waals surface area (Å²) < 4.78 is 7.27. The minimum Gasteiger partial charge on any atom is -0.469 e. The van der Waals surface area contributed by atoms with Gasteiger partial charge in [0, 0.05) is 0 Å². The predicted molar refractivity (Wildman–Crippen MR) is 107 cm³/mol. The van der Waals surface area contributed by atoms with Crippen molar-refractivity contribution in [1.29, 1.82) is 0 Å². The smallest absolute Gasteiger partial charge is 0.233 e. The van der Waals surface area contributed by atoms with Crippen molar-refractivity contribution in [2.75, 3.05) is 0 Å². The topological polar surface area (TPSA) is 55.7 Å². The van der Waals surface area contributed by atoms with E-state index in [-0.39, 0.29) is 0 Å². The summed E-state index contributed by atoms with van der Waals surface area (Å²) >= 11 is 1.51. The molecule has 0 aliphatic heterocycles. The Hall–Kier alpha value is -3.25. The molecule has 0 bridgehead atoms. The molecule has 4 aromatic rings. The van der Waals surface area contributed by atoms with Gasteiger partial charge in [0.15, 0.2) is 0 Å². The van der Waals surface area contributed by atoms with Crippen molar-refractivity contribution in [2.45, 2.75) is 13.3 Å². The van der Waals surface area contributed by atoms with E-state index >= 15 is 0 Å². The molecule has 5 nitrogen and oxygen atoms in total. The molecule has 0 aliphatic carbocycles. The zero-order chi connectivity index (χ0) is 18.5. The fourth-order valence-corrected chi connectivity index (χ4v) is 3.47. The van der Waals surface area contributed by atoms with E-state index in [4.69, 9.17) is 9.52 Å². The van der Waals surface area contributed by atoms with Gasteiger partial charge in [0.05, 0.1) is 24.1 Å². The van der Waals surface area contributed by atoms with Crippen LogP contribution in [0.2, 0.25) is 0 Å². The van der Waals surface area contributed by atoms with E-state index in [9.17, 15) is 0 Å². The van der Waals surface area contributed by atoms with Gasteiger partial charge in [-0.2, -0.15) is 10.2 Å². The second-order valence-corrected chi connectivity index (χ2v) is 6.97. The van der Waals surface area contributed by atoms with Crippen LogP contribution in [-0.2, 0) is 6.42 Å². The van der Waals surface area contributed by atoms with Gasteiger partial charge in [-0.3, -0.25) is 0 Å². The zero-order valence-electron chi connectivity index (χ0n) is 14.8. The molecule has 134 valence electrons. The standard InChI is InChI=1S/C21H18N4OS/c1-16(17-9-4-2-5-10-17)22-23-21-25(18-11-6-3-7-12-18)24-20(27-21)15-19-13-8-14-26-19/h2-14H,15H2,1H3/b22-16+,23-21+. The van der Waals surface area contributed by atoms with E-state index in [1.165, 1.54) is 11.3 Å². The second-order valence-electron chi connectivity index (χ2n) is 5.93. The van der Waals surface area contributed by atoms with Crippen LogP contribution in [0.3, 0.4) is 0 Å². The summed E-state index contributed by atoms with van der Waals surface area (Å²) in [5, 5.41) is 14.5. The summed E-state index contributed by atoms with van der Waals surface area (Å²) in [6.45, 7) is 1.95. The fraction of sp³-hybridized carbons (Fsp3) is 0.0952. The van der Waals surface area contributed by atoms with Crippen LogP contribution in [0.5, 0.6) is 0 Å². The number of furan rings is 1. The van der Waals surface area contributed by atoms with E-state index in [0.717, 1.165) is 32.5 Å². The maximum Gasteiger partial charge on any atom is 0.233 e. The van der Waals surface area contributed by atoms with Gasteiger partial charge in [0.1, 0.15) is 10.8 Å². The van der Waals surface area contributed by atoms with Crippen molar-refractivity contribution in [3.05, 3.63) is 100 Å². The van der Waals surface area contributed by atoms with Crippen LogP contribution in [0.1, 0.15) is 23.3 Å². The third-order valence-corrected chi connectivity index (χ3v) is 4.88. The average molecular weight is 374 g/mol. The Bertz CT molecular complexity index is 1090. The maximum atomic E-state index is 5.45. The van der Waals surface area contributed by atoms with Crippen molar-refractivity contribution < 1.29 is 4.42 Å². The minimum atomic E-state index is 0.626. The average Bonchev–Trinajstić information content (AvgIpc) is 3.37. The Morgan fingerprint density at radius 3 is 2.44 bits per heavy atom. The van der Waals surface area contributed by atoms with Crippen molar-refractivity contribution >= 4 is 17.0 Å². The molecule has 6 heteroatoms. The summed E-state index contributed by atoms with van der Waals surface area (Å²) in [5.74, 6) is 0.875. The largest absolute Gasteiger partial charge is 0.469 e. The molecule has 0 N–H and O–H groups in total. The molecular formula is C21H18N4OS. The highest BCUT2D eigenvalue weighted by atomic mass is 32.1. The van der Waals surface area contributed by atoms with E-state index in [1.54, 1.807) is 6.26 Å². The van der Waals surface area contributed by atoms with E-state index in [2.05, 4.69) is 10.2 Å². The first-order chi connectivity index (χ1) is 13.3. The molecule has 27 heavy (non-hydrogen) atoms. The van der Waals surface area contributed by atoms with Crippen LogP contribution >= 0.6 is 11.3 Å². The lowest BCUT2D eigenvalue weighted by Gasteiger charge is -2.00. The highest BCUT2D eigenvalue weighted by molar-refractivity contribution is 7.08. The Balaban J connectivity index is 1.74. The summed E-state index contributed by atoms with van der Waals surface area (Å²) in [4.78, 5) is 0.720. The van der Waals surface area contributed by atoms with Gasteiger partial charge in [-0.15, -0.1) is 5.10 Å². The molecule has 2 aromatic heterocycles. The molecule has 2 heterocycles. The molecule has 0 radical (unpaired) electrons. The Morgan fingerprint density at radius 1 is 1.00 bits per heavy atom. The van der Waals surface area contributed by atoms with E-state index in [1.807, 2.05) is 84.4 Å². The van der Waals surface area contributed by atoms with Gasteiger partial charge in [0.25, 0.3) is 0 Å². The van der Waals surface area contributed by atoms with Crippen LogP contribution in [0.15, 0.2) is 93.7 Å². The lowest BCUT2D eigenvalue weighted by Crippen LogP contribution is -2.14. The summed E-state index contributed by atoms with van der Waals surface area (Å²) in [7, 11) is 0. The lowest BCUT2D eigenvalue weighted by molar-refractivity contribution is 0.519. The van der Waals surface area contributed by atoms with Crippen LogP contribution < -0.4 is 4.80 Å². The number of hydrogen-bond donors (Lipinski definition) is 0. The van der Waals surface area contributed by atoms with Gasteiger partial charge in [-0.1, -0.05) is 59.9 Å². The van der Waals surface area contributed by atoms with Crippen molar-refractivity contribution in [1.82, 2.24) is 9.78 Å². The van der Waals surface area contributed by atoms with E-state index in [0.29, 0.717) is 6.42 Å². The highest BCUT2D eigenvalue weighted by Gasteiger charge is 2.09. The summed E-state index contributed by atoms with van der Waals surface area (Å²) in [6, 6.07) is 23.8. The molecule has 0 saturated carbocycles.